The van der Waals surface area contributed by atoms with Crippen LogP contribution >= 0.6 is 0 Å². The molecule has 41 heavy (non-hydrogen) atoms. The standard InChI is InChI=1S/C30H29FN8O2/c1-3-27(40)38-11-7-20(8-12-38)23-16-33-29-28(23)30(35-18-34-29)36-25-5-4-22(15-24(25)31)41-26-9-13-39(37-26)17-21-14-19(2)6-10-32-21/h3-6,9-10,13-16,18,20H,1,7-8,11-12,17H2,2H3,(H2,33,34,35,36). The summed E-state index contributed by atoms with van der Waals surface area (Å²) in [6.07, 6.45) is 9.89. The Kier molecular flexibility index (Phi) is 7.15. The molecule has 0 atom stereocenters. The minimum atomic E-state index is -0.494. The molecule has 11 heteroatoms. The van der Waals surface area contributed by atoms with E-state index in [2.05, 4.69) is 36.9 Å². The highest BCUT2D eigenvalue weighted by Crippen LogP contribution is 2.37. The average Bonchev–Trinajstić information content (AvgIpc) is 3.61. The summed E-state index contributed by atoms with van der Waals surface area (Å²) >= 11 is 0. The molecule has 5 aromatic rings. The Morgan fingerprint density at radius 2 is 2.05 bits per heavy atom. The summed E-state index contributed by atoms with van der Waals surface area (Å²) in [6.45, 7) is 7.40. The van der Waals surface area contributed by atoms with E-state index >= 15 is 4.39 Å². The lowest BCUT2D eigenvalue weighted by Crippen LogP contribution is -2.36. The number of aryl methyl sites for hydroxylation is 1. The van der Waals surface area contributed by atoms with Crippen LogP contribution in [0.4, 0.5) is 15.9 Å². The molecule has 4 aromatic heterocycles. The molecule has 0 aliphatic carbocycles. The van der Waals surface area contributed by atoms with E-state index in [0.29, 0.717) is 42.7 Å². The lowest BCUT2D eigenvalue weighted by molar-refractivity contribution is -0.127. The van der Waals surface area contributed by atoms with Gasteiger partial charge in [-0.2, -0.15) is 0 Å². The van der Waals surface area contributed by atoms with Gasteiger partial charge in [0, 0.05) is 43.8 Å². The van der Waals surface area contributed by atoms with E-state index in [-0.39, 0.29) is 17.5 Å². The van der Waals surface area contributed by atoms with Gasteiger partial charge in [-0.15, -0.1) is 5.10 Å². The maximum atomic E-state index is 15.2. The van der Waals surface area contributed by atoms with Gasteiger partial charge < -0.3 is 19.9 Å². The Bertz CT molecular complexity index is 1720. The second kappa shape index (κ2) is 11.2. The molecule has 0 saturated carbocycles. The molecule has 0 unspecified atom stereocenters. The summed E-state index contributed by atoms with van der Waals surface area (Å²) < 4.78 is 22.8. The largest absolute Gasteiger partial charge is 0.437 e. The van der Waals surface area contributed by atoms with Crippen LogP contribution in [0.3, 0.4) is 0 Å². The van der Waals surface area contributed by atoms with Crippen molar-refractivity contribution in [2.45, 2.75) is 32.2 Å². The number of amides is 1. The predicted octanol–water partition coefficient (Wildman–Crippen LogP) is 5.47. The van der Waals surface area contributed by atoms with Crippen LogP contribution in [-0.4, -0.2) is 53.6 Å². The molecule has 0 radical (unpaired) electrons. The quantitative estimate of drug-likeness (QED) is 0.245. The number of piperidine rings is 1. The van der Waals surface area contributed by atoms with E-state index in [9.17, 15) is 4.79 Å². The number of ether oxygens (including phenoxy) is 1. The Morgan fingerprint density at radius 1 is 1.20 bits per heavy atom. The van der Waals surface area contributed by atoms with Crippen LogP contribution in [0.1, 0.15) is 35.6 Å². The Labute approximate surface area is 235 Å². The number of nitrogens with one attached hydrogen (secondary N) is 2. The van der Waals surface area contributed by atoms with Crippen LogP contribution in [0.25, 0.3) is 11.0 Å². The lowest BCUT2D eigenvalue weighted by atomic mass is 9.89. The van der Waals surface area contributed by atoms with Gasteiger partial charge in [0.2, 0.25) is 11.8 Å². The molecule has 1 aliphatic heterocycles. The van der Waals surface area contributed by atoms with Gasteiger partial charge in [0.15, 0.2) is 0 Å². The third-order valence-corrected chi connectivity index (χ3v) is 7.25. The minimum Gasteiger partial charge on any atom is -0.437 e. The van der Waals surface area contributed by atoms with Crippen LogP contribution in [0.5, 0.6) is 11.6 Å². The molecule has 1 saturated heterocycles. The van der Waals surface area contributed by atoms with Crippen molar-refractivity contribution in [3.05, 3.63) is 96.6 Å². The van der Waals surface area contributed by atoms with Crippen molar-refractivity contribution in [2.75, 3.05) is 18.4 Å². The number of carbonyl (C=O) groups is 1. The van der Waals surface area contributed by atoms with Gasteiger partial charge in [0.25, 0.3) is 0 Å². The number of hydrogen-bond donors (Lipinski definition) is 2. The highest BCUT2D eigenvalue weighted by Gasteiger charge is 2.26. The maximum Gasteiger partial charge on any atom is 0.245 e. The number of nitrogens with zero attached hydrogens (tertiary/aromatic N) is 6. The van der Waals surface area contributed by atoms with E-state index in [4.69, 9.17) is 4.74 Å². The van der Waals surface area contributed by atoms with Crippen molar-refractivity contribution >= 4 is 28.4 Å². The van der Waals surface area contributed by atoms with Crippen LogP contribution in [0.15, 0.2) is 74.0 Å². The highest BCUT2D eigenvalue weighted by atomic mass is 19.1. The summed E-state index contributed by atoms with van der Waals surface area (Å²) in [6, 6.07) is 10.3. The van der Waals surface area contributed by atoms with E-state index in [1.165, 1.54) is 18.5 Å². The zero-order chi connectivity index (χ0) is 28.3. The number of aromatic amines is 1. The Hall–Kier alpha value is -5.06. The van der Waals surface area contributed by atoms with Gasteiger partial charge in [-0.05, 0) is 67.2 Å². The third kappa shape index (κ3) is 5.65. The fourth-order valence-corrected chi connectivity index (χ4v) is 5.19. The molecule has 1 amide bonds. The predicted molar refractivity (Wildman–Crippen MR) is 153 cm³/mol. The molecule has 0 spiro atoms. The van der Waals surface area contributed by atoms with Gasteiger partial charge in [-0.1, -0.05) is 6.58 Å². The van der Waals surface area contributed by atoms with Crippen LogP contribution < -0.4 is 10.1 Å². The fraction of sp³-hybridized carbons (Fsp3) is 0.233. The van der Waals surface area contributed by atoms with Crippen molar-refractivity contribution in [3.8, 4) is 11.6 Å². The number of anilines is 2. The summed E-state index contributed by atoms with van der Waals surface area (Å²) in [4.78, 5) is 30.1. The van der Waals surface area contributed by atoms with Gasteiger partial charge in [0.05, 0.1) is 23.3 Å². The molecular formula is C30H29FN8O2. The first-order chi connectivity index (χ1) is 20.0. The van der Waals surface area contributed by atoms with E-state index < -0.39 is 5.82 Å². The number of aromatic nitrogens is 6. The molecule has 10 nitrogen and oxygen atoms in total. The molecule has 0 bridgehead atoms. The van der Waals surface area contributed by atoms with Crippen LogP contribution in [0, 0.1) is 12.7 Å². The number of hydrogen-bond acceptors (Lipinski definition) is 7. The van der Waals surface area contributed by atoms with Gasteiger partial charge >= 0.3 is 0 Å². The van der Waals surface area contributed by atoms with Gasteiger partial charge in [-0.25, -0.2) is 14.4 Å². The summed E-state index contributed by atoms with van der Waals surface area (Å²) in [5, 5.41) is 8.37. The van der Waals surface area contributed by atoms with Crippen molar-refractivity contribution < 1.29 is 13.9 Å². The Balaban J connectivity index is 1.16. The highest BCUT2D eigenvalue weighted by molar-refractivity contribution is 5.92. The van der Waals surface area contributed by atoms with Crippen molar-refractivity contribution in [2.24, 2.45) is 0 Å². The SMILES string of the molecule is C=CC(=O)N1CCC(c2c[nH]c3ncnc(Nc4ccc(Oc5ccn(Cc6cc(C)ccn6)n5)cc4F)c23)CC1. The number of fused-ring (bicyclic) bond motifs is 1. The smallest absolute Gasteiger partial charge is 0.245 e. The minimum absolute atomic E-state index is 0.0520. The molecule has 5 heterocycles. The first-order valence-corrected chi connectivity index (χ1v) is 13.4. The molecule has 1 fully saturated rings. The third-order valence-electron chi connectivity index (χ3n) is 7.25. The van der Waals surface area contributed by atoms with Crippen molar-refractivity contribution in [1.82, 2.24) is 34.6 Å². The first kappa shape index (κ1) is 26.2. The van der Waals surface area contributed by atoms with E-state index in [1.54, 1.807) is 40.2 Å². The summed E-state index contributed by atoms with van der Waals surface area (Å²) in [5.74, 6) is 0.851. The number of rotatable bonds is 8. The molecule has 2 N–H and O–H groups in total. The molecular weight excluding hydrogens is 523 g/mol. The van der Waals surface area contributed by atoms with Crippen molar-refractivity contribution in [1.29, 1.82) is 0 Å². The number of carbonyl (C=O) groups excluding carboxylic acids is 1. The number of pyridine rings is 1. The second-order valence-corrected chi connectivity index (χ2v) is 10.0. The molecule has 1 aliphatic rings. The zero-order valence-electron chi connectivity index (χ0n) is 22.5. The monoisotopic (exact) mass is 552 g/mol. The summed E-state index contributed by atoms with van der Waals surface area (Å²) in [7, 11) is 0. The number of benzene rings is 1. The topological polar surface area (TPSA) is 114 Å². The molecule has 208 valence electrons. The fourth-order valence-electron chi connectivity index (χ4n) is 5.19. The summed E-state index contributed by atoms with van der Waals surface area (Å²) in [5.41, 5.74) is 3.98. The van der Waals surface area contributed by atoms with Gasteiger partial charge in [0.1, 0.15) is 29.4 Å². The average molecular weight is 553 g/mol. The van der Waals surface area contributed by atoms with Crippen molar-refractivity contribution in [3.63, 3.8) is 0 Å². The second-order valence-electron chi connectivity index (χ2n) is 10.0. The molecule has 6 rings (SSSR count). The zero-order valence-corrected chi connectivity index (χ0v) is 22.5. The number of halogens is 1. The van der Waals surface area contributed by atoms with E-state index in [0.717, 1.165) is 35.0 Å². The first-order valence-electron chi connectivity index (χ1n) is 13.4. The Morgan fingerprint density at radius 3 is 2.83 bits per heavy atom. The van der Waals surface area contributed by atoms with E-state index in [1.807, 2.05) is 25.3 Å². The molecule has 1 aromatic carbocycles. The number of H-pyrrole nitrogens is 1. The van der Waals surface area contributed by atoms with Gasteiger partial charge in [-0.3, -0.25) is 14.5 Å². The number of likely N-dealkylation sites (tertiary alicyclic amines) is 1. The van der Waals surface area contributed by atoms with Crippen LogP contribution in [-0.2, 0) is 11.3 Å². The maximum absolute atomic E-state index is 15.2. The lowest BCUT2D eigenvalue weighted by Gasteiger charge is -2.31. The van der Waals surface area contributed by atoms with Crippen LogP contribution in [0.2, 0.25) is 0 Å². The normalized spacial score (nSPS) is 13.9.